The number of amides is 1. The van der Waals surface area contributed by atoms with Crippen molar-refractivity contribution >= 4 is 11.6 Å². The van der Waals surface area contributed by atoms with Gasteiger partial charge < -0.3 is 10.1 Å². The van der Waals surface area contributed by atoms with Crippen molar-refractivity contribution in [3.8, 4) is 5.75 Å². The number of fused-ring (bicyclic) bond motifs is 5. The summed E-state index contributed by atoms with van der Waals surface area (Å²) in [5, 5.41) is 3.15. The Kier molecular flexibility index (Phi) is 7.01. The molecular weight excluding hydrogens is 430 g/mol. The number of benzene rings is 1. The van der Waals surface area contributed by atoms with E-state index in [4.69, 9.17) is 4.74 Å². The van der Waals surface area contributed by atoms with E-state index in [1.165, 1.54) is 64.2 Å². The molecule has 4 fully saturated rings. The van der Waals surface area contributed by atoms with E-state index in [1.54, 1.807) is 7.11 Å². The second kappa shape index (κ2) is 9.75. The van der Waals surface area contributed by atoms with E-state index in [1.807, 2.05) is 25.1 Å². The Morgan fingerprint density at radius 2 is 1.83 bits per heavy atom. The molecule has 0 spiro atoms. The van der Waals surface area contributed by atoms with Gasteiger partial charge in [-0.05, 0) is 123 Å². The minimum absolute atomic E-state index is 0.139. The van der Waals surface area contributed by atoms with Crippen molar-refractivity contribution in [3.05, 3.63) is 23.8 Å². The van der Waals surface area contributed by atoms with Gasteiger partial charge in [0.25, 0.3) is 0 Å². The molecule has 0 bridgehead atoms. The average molecular weight is 480 g/mol. The molecule has 0 radical (unpaired) electrons. The molecule has 1 aromatic rings. The largest absolute Gasteiger partial charge is 0.497 e. The molecule has 3 nitrogen and oxygen atoms in total. The molecule has 0 aliphatic heterocycles. The summed E-state index contributed by atoms with van der Waals surface area (Å²) in [6.45, 7) is 9.81. The van der Waals surface area contributed by atoms with Gasteiger partial charge in [-0.1, -0.05) is 39.7 Å². The zero-order valence-corrected chi connectivity index (χ0v) is 23.0. The van der Waals surface area contributed by atoms with Gasteiger partial charge in [-0.3, -0.25) is 4.79 Å². The number of methoxy groups -OCH3 is 1. The van der Waals surface area contributed by atoms with Crippen LogP contribution in [-0.4, -0.2) is 13.0 Å². The molecule has 1 aromatic carbocycles. The zero-order valence-electron chi connectivity index (χ0n) is 23.0. The van der Waals surface area contributed by atoms with Crippen LogP contribution >= 0.6 is 0 Å². The predicted molar refractivity (Wildman–Crippen MR) is 145 cm³/mol. The first-order valence-electron chi connectivity index (χ1n) is 14.7. The van der Waals surface area contributed by atoms with Crippen molar-refractivity contribution in [1.29, 1.82) is 0 Å². The van der Waals surface area contributed by atoms with Crippen LogP contribution in [0.4, 0.5) is 5.69 Å². The molecular formula is C32H49NO2. The van der Waals surface area contributed by atoms with Crippen LogP contribution < -0.4 is 10.1 Å². The molecule has 35 heavy (non-hydrogen) atoms. The van der Waals surface area contributed by atoms with Crippen LogP contribution in [0, 0.1) is 53.3 Å². The minimum Gasteiger partial charge on any atom is -0.497 e. The molecule has 4 aliphatic rings. The first-order chi connectivity index (χ1) is 16.8. The molecule has 0 aromatic heterocycles. The maximum absolute atomic E-state index is 12.9. The molecule has 3 heteroatoms. The van der Waals surface area contributed by atoms with E-state index in [0.717, 1.165) is 53.0 Å². The van der Waals surface area contributed by atoms with Crippen molar-refractivity contribution in [2.24, 2.45) is 46.3 Å². The van der Waals surface area contributed by atoms with Crippen LogP contribution in [0.2, 0.25) is 0 Å². The van der Waals surface area contributed by atoms with Gasteiger partial charge in [-0.25, -0.2) is 0 Å². The van der Waals surface area contributed by atoms with E-state index >= 15 is 0 Å². The molecule has 1 N–H and O–H groups in total. The van der Waals surface area contributed by atoms with E-state index in [2.05, 4.69) is 26.1 Å². The molecule has 8 atom stereocenters. The molecule has 4 saturated carbocycles. The van der Waals surface area contributed by atoms with Crippen LogP contribution in [0.1, 0.15) is 103 Å². The highest BCUT2D eigenvalue weighted by Gasteiger charge is 2.60. The number of anilines is 1. The summed E-state index contributed by atoms with van der Waals surface area (Å²) in [5.74, 6) is 6.18. The van der Waals surface area contributed by atoms with Gasteiger partial charge in [0.05, 0.1) is 7.11 Å². The number of hydrogen-bond donors (Lipinski definition) is 1. The maximum atomic E-state index is 12.9. The lowest BCUT2D eigenvalue weighted by Gasteiger charge is -2.61. The second-order valence-corrected chi connectivity index (χ2v) is 13.4. The van der Waals surface area contributed by atoms with E-state index in [0.29, 0.717) is 23.2 Å². The highest BCUT2D eigenvalue weighted by Crippen LogP contribution is 2.68. The van der Waals surface area contributed by atoms with Gasteiger partial charge in [0.2, 0.25) is 5.91 Å². The fourth-order valence-electron chi connectivity index (χ4n) is 9.91. The quantitative estimate of drug-likeness (QED) is 0.445. The van der Waals surface area contributed by atoms with Gasteiger partial charge >= 0.3 is 0 Å². The summed E-state index contributed by atoms with van der Waals surface area (Å²) in [7, 11) is 1.67. The molecule has 0 saturated heterocycles. The predicted octanol–water partition coefficient (Wildman–Crippen LogP) is 8.41. The summed E-state index contributed by atoms with van der Waals surface area (Å²) < 4.78 is 5.34. The van der Waals surface area contributed by atoms with E-state index in [-0.39, 0.29) is 5.91 Å². The number of ether oxygens (including phenoxy) is 1. The van der Waals surface area contributed by atoms with Crippen molar-refractivity contribution < 1.29 is 9.53 Å². The molecule has 194 valence electrons. The first kappa shape index (κ1) is 25.2. The number of nitrogens with one attached hydrogen (secondary N) is 1. The normalized spacial score (nSPS) is 39.2. The van der Waals surface area contributed by atoms with Gasteiger partial charge in [0.15, 0.2) is 0 Å². The number of rotatable bonds is 6. The number of aryl methyl sites for hydroxylation is 1. The van der Waals surface area contributed by atoms with Crippen LogP contribution in [0.25, 0.3) is 0 Å². The number of carbonyl (C=O) groups excluding carboxylic acids is 1. The summed E-state index contributed by atoms with van der Waals surface area (Å²) >= 11 is 0. The average Bonchev–Trinajstić information content (AvgIpc) is 3.21. The van der Waals surface area contributed by atoms with E-state index < -0.39 is 0 Å². The minimum atomic E-state index is 0.139. The summed E-state index contributed by atoms with van der Waals surface area (Å²) in [6.07, 6.45) is 16.2. The SMILES string of the molecule is COc1ccc(C)c(NC(=O)CC[C@@H](C)[C@H]2CCC3C4CCC5CCCCC5(C)C4CCC32C)c1. The van der Waals surface area contributed by atoms with Crippen LogP contribution in [0.3, 0.4) is 0 Å². The lowest BCUT2D eigenvalue weighted by Crippen LogP contribution is -2.53. The third-order valence-electron chi connectivity index (χ3n) is 11.9. The van der Waals surface area contributed by atoms with Crippen LogP contribution in [0.15, 0.2) is 18.2 Å². The highest BCUT2D eigenvalue weighted by atomic mass is 16.5. The van der Waals surface area contributed by atoms with Crippen LogP contribution in [-0.2, 0) is 4.79 Å². The summed E-state index contributed by atoms with van der Waals surface area (Å²) in [5.41, 5.74) is 3.07. The third-order valence-corrected chi connectivity index (χ3v) is 11.9. The Hall–Kier alpha value is -1.51. The Morgan fingerprint density at radius 3 is 2.63 bits per heavy atom. The van der Waals surface area contributed by atoms with Crippen molar-refractivity contribution in [2.45, 2.75) is 105 Å². The lowest BCUT2D eigenvalue weighted by molar-refractivity contribution is -0.118. The topological polar surface area (TPSA) is 38.3 Å². The van der Waals surface area contributed by atoms with Crippen molar-refractivity contribution in [2.75, 3.05) is 12.4 Å². The fourth-order valence-corrected chi connectivity index (χ4v) is 9.91. The Labute approximate surface area is 214 Å². The van der Waals surface area contributed by atoms with Crippen molar-refractivity contribution in [3.63, 3.8) is 0 Å². The number of hydrogen-bond acceptors (Lipinski definition) is 2. The highest BCUT2D eigenvalue weighted by molar-refractivity contribution is 5.91. The molecule has 4 aliphatic carbocycles. The lowest BCUT2D eigenvalue weighted by atomic mass is 9.44. The van der Waals surface area contributed by atoms with E-state index in [9.17, 15) is 4.79 Å². The van der Waals surface area contributed by atoms with Gasteiger partial charge in [0.1, 0.15) is 5.75 Å². The van der Waals surface area contributed by atoms with Gasteiger partial charge in [-0.2, -0.15) is 0 Å². The first-order valence-corrected chi connectivity index (χ1v) is 14.7. The monoisotopic (exact) mass is 479 g/mol. The Balaban J connectivity index is 1.21. The molecule has 5 rings (SSSR count). The molecule has 0 heterocycles. The van der Waals surface area contributed by atoms with Gasteiger partial charge in [0, 0.05) is 18.2 Å². The number of carbonyl (C=O) groups is 1. The molecule has 1 amide bonds. The van der Waals surface area contributed by atoms with Gasteiger partial charge in [-0.15, -0.1) is 0 Å². The van der Waals surface area contributed by atoms with Crippen LogP contribution in [0.5, 0.6) is 5.75 Å². The molecule has 6 unspecified atom stereocenters. The smallest absolute Gasteiger partial charge is 0.224 e. The summed E-state index contributed by atoms with van der Waals surface area (Å²) in [4.78, 5) is 12.9. The maximum Gasteiger partial charge on any atom is 0.224 e. The second-order valence-electron chi connectivity index (χ2n) is 13.4. The Bertz CT molecular complexity index is 926. The summed E-state index contributed by atoms with van der Waals surface area (Å²) in [6, 6.07) is 5.88. The van der Waals surface area contributed by atoms with Crippen molar-refractivity contribution in [1.82, 2.24) is 0 Å². The third kappa shape index (κ3) is 4.44. The Morgan fingerprint density at radius 1 is 1.03 bits per heavy atom. The zero-order chi connectivity index (χ0) is 24.8. The standard InChI is InChI=1S/C32H49NO2/c1-21(10-16-30(34)33-29-20-24(35-5)12-9-22(29)2)26-14-15-27-25-13-11-23-8-6-7-18-31(23,3)28(25)17-19-32(26,27)4/h9,12,20-21,23,25-28H,6-8,10-11,13-19H2,1-5H3,(H,33,34)/t21-,23?,25?,26-,27?,28?,31?,32?/m1/s1. The fraction of sp³-hybridized carbons (Fsp3) is 0.781.